The number of pyridine rings is 1. The fraction of sp³-hybridized carbons (Fsp3) is 0.400. The molecule has 1 amide bonds. The van der Waals surface area contributed by atoms with Gasteiger partial charge in [-0.3, -0.25) is 10.1 Å². The number of amides is 1. The van der Waals surface area contributed by atoms with Crippen LogP contribution in [0.1, 0.15) is 40.7 Å². The molecule has 0 atom stereocenters. The zero-order valence-corrected chi connectivity index (χ0v) is 12.8. The largest absolute Gasteiger partial charge is 0.373 e. The van der Waals surface area contributed by atoms with Crippen LogP contribution in [0.4, 0.5) is 11.7 Å². The molecule has 2 N–H and O–H groups in total. The van der Waals surface area contributed by atoms with Gasteiger partial charge in [-0.05, 0) is 32.4 Å². The third kappa shape index (κ3) is 3.39. The van der Waals surface area contributed by atoms with Crippen molar-refractivity contribution in [2.75, 3.05) is 17.7 Å². The predicted molar refractivity (Wildman–Crippen MR) is 81.7 cm³/mol. The van der Waals surface area contributed by atoms with Crippen LogP contribution in [0.2, 0.25) is 0 Å². The van der Waals surface area contributed by atoms with E-state index >= 15 is 0 Å². The topological polar surface area (TPSA) is 80.0 Å². The second-order valence-corrected chi connectivity index (χ2v) is 4.91. The highest BCUT2D eigenvalue weighted by Gasteiger charge is 2.15. The molecule has 0 bridgehead atoms. The lowest BCUT2D eigenvalue weighted by Gasteiger charge is -2.08. The smallest absolute Gasteiger partial charge is 0.258 e. The lowest BCUT2D eigenvalue weighted by atomic mass is 10.1. The summed E-state index contributed by atoms with van der Waals surface area (Å²) in [6, 6.07) is 3.52. The van der Waals surface area contributed by atoms with E-state index in [1.807, 2.05) is 13.8 Å². The summed E-state index contributed by atoms with van der Waals surface area (Å²) in [4.78, 5) is 16.8. The van der Waals surface area contributed by atoms with Crippen LogP contribution in [-0.2, 0) is 6.42 Å². The number of hydrogen-bond acceptors (Lipinski definition) is 5. The molecular weight excluding hydrogens is 268 g/mol. The molecule has 0 saturated heterocycles. The van der Waals surface area contributed by atoms with Gasteiger partial charge in [-0.2, -0.15) is 0 Å². The minimum Gasteiger partial charge on any atom is -0.373 e. The van der Waals surface area contributed by atoms with E-state index in [0.717, 1.165) is 29.8 Å². The zero-order valence-electron chi connectivity index (χ0n) is 12.8. The van der Waals surface area contributed by atoms with Crippen molar-refractivity contribution < 1.29 is 9.32 Å². The van der Waals surface area contributed by atoms with Crippen LogP contribution >= 0.6 is 0 Å². The van der Waals surface area contributed by atoms with Crippen molar-refractivity contribution in [3.8, 4) is 0 Å². The van der Waals surface area contributed by atoms with E-state index in [0.29, 0.717) is 17.3 Å². The standard InChI is InChI=1S/C15H20N4O2/c1-5-6-12-7-11(8-13(16-4)17-12)14(20)18-15-9(2)10(3)19-21-15/h7-8H,5-6H2,1-4H3,(H,16,17)(H,18,20). The Bertz CT molecular complexity index is 649. The number of aryl methyl sites for hydroxylation is 2. The first-order valence-electron chi connectivity index (χ1n) is 6.98. The Morgan fingerprint density at radius 1 is 1.33 bits per heavy atom. The number of aromatic nitrogens is 2. The number of nitrogens with zero attached hydrogens (tertiary/aromatic N) is 2. The molecule has 112 valence electrons. The minimum atomic E-state index is -0.231. The highest BCUT2D eigenvalue weighted by atomic mass is 16.5. The Balaban J connectivity index is 2.25. The zero-order chi connectivity index (χ0) is 15.4. The fourth-order valence-electron chi connectivity index (χ4n) is 1.94. The molecule has 0 fully saturated rings. The molecule has 0 unspecified atom stereocenters. The van der Waals surface area contributed by atoms with Gasteiger partial charge in [-0.25, -0.2) is 4.98 Å². The summed E-state index contributed by atoms with van der Waals surface area (Å²) in [5.74, 6) is 0.833. The van der Waals surface area contributed by atoms with Crippen LogP contribution in [0.25, 0.3) is 0 Å². The first-order chi connectivity index (χ1) is 10.0. The molecule has 2 rings (SSSR count). The predicted octanol–water partition coefficient (Wildman–Crippen LogP) is 2.93. The molecule has 6 heteroatoms. The highest BCUT2D eigenvalue weighted by Crippen LogP contribution is 2.19. The van der Waals surface area contributed by atoms with Crippen LogP contribution in [0.5, 0.6) is 0 Å². The van der Waals surface area contributed by atoms with E-state index in [9.17, 15) is 4.79 Å². The number of anilines is 2. The number of carbonyl (C=O) groups is 1. The summed E-state index contributed by atoms with van der Waals surface area (Å²) >= 11 is 0. The lowest BCUT2D eigenvalue weighted by molar-refractivity contribution is 0.102. The summed E-state index contributed by atoms with van der Waals surface area (Å²) in [5, 5.41) is 9.55. The van der Waals surface area contributed by atoms with Gasteiger partial charge in [0.25, 0.3) is 5.91 Å². The van der Waals surface area contributed by atoms with Gasteiger partial charge < -0.3 is 9.84 Å². The molecule has 2 aromatic heterocycles. The summed E-state index contributed by atoms with van der Waals surface area (Å²) < 4.78 is 5.11. The average molecular weight is 288 g/mol. The summed E-state index contributed by atoms with van der Waals surface area (Å²) in [5.41, 5.74) is 3.04. The maximum atomic E-state index is 12.3. The lowest BCUT2D eigenvalue weighted by Crippen LogP contribution is -2.13. The first-order valence-corrected chi connectivity index (χ1v) is 6.98. The van der Waals surface area contributed by atoms with Gasteiger partial charge in [0.05, 0.1) is 5.69 Å². The molecule has 0 saturated carbocycles. The van der Waals surface area contributed by atoms with Gasteiger partial charge >= 0.3 is 0 Å². The maximum Gasteiger partial charge on any atom is 0.258 e. The van der Waals surface area contributed by atoms with Crippen LogP contribution in [-0.4, -0.2) is 23.1 Å². The number of carbonyl (C=O) groups excluding carboxylic acids is 1. The van der Waals surface area contributed by atoms with E-state index in [-0.39, 0.29) is 5.91 Å². The molecule has 0 aliphatic carbocycles. The van der Waals surface area contributed by atoms with E-state index < -0.39 is 0 Å². The highest BCUT2D eigenvalue weighted by molar-refractivity contribution is 6.04. The molecular formula is C15H20N4O2. The molecule has 0 radical (unpaired) electrons. The van der Waals surface area contributed by atoms with Crippen molar-refractivity contribution in [2.24, 2.45) is 0 Å². The Morgan fingerprint density at radius 2 is 2.10 bits per heavy atom. The summed E-state index contributed by atoms with van der Waals surface area (Å²) in [6.07, 6.45) is 1.80. The molecule has 0 aliphatic rings. The first kappa shape index (κ1) is 15.0. The van der Waals surface area contributed by atoms with E-state index in [4.69, 9.17) is 4.52 Å². The van der Waals surface area contributed by atoms with Gasteiger partial charge in [0, 0.05) is 23.9 Å². The Hall–Kier alpha value is -2.37. The normalized spacial score (nSPS) is 10.5. The average Bonchev–Trinajstić information content (AvgIpc) is 2.79. The molecule has 0 aliphatic heterocycles. The second kappa shape index (κ2) is 6.39. The fourth-order valence-corrected chi connectivity index (χ4v) is 1.94. The molecule has 0 aromatic carbocycles. The number of nitrogens with one attached hydrogen (secondary N) is 2. The molecule has 0 spiro atoms. The van der Waals surface area contributed by atoms with Crippen LogP contribution in [0.3, 0.4) is 0 Å². The third-order valence-electron chi connectivity index (χ3n) is 3.29. The maximum absolute atomic E-state index is 12.3. The molecule has 6 nitrogen and oxygen atoms in total. The van der Waals surface area contributed by atoms with Crippen LogP contribution in [0.15, 0.2) is 16.7 Å². The van der Waals surface area contributed by atoms with Crippen molar-refractivity contribution in [3.05, 3.63) is 34.6 Å². The van der Waals surface area contributed by atoms with Crippen LogP contribution in [0, 0.1) is 13.8 Å². The SMILES string of the molecule is CCCc1cc(C(=O)Nc2onc(C)c2C)cc(NC)n1. The van der Waals surface area contributed by atoms with Crippen molar-refractivity contribution in [2.45, 2.75) is 33.6 Å². The van der Waals surface area contributed by atoms with Gasteiger partial charge in [-0.1, -0.05) is 18.5 Å². The molecule has 2 heterocycles. The monoisotopic (exact) mass is 288 g/mol. The summed E-state index contributed by atoms with van der Waals surface area (Å²) in [6.45, 7) is 5.77. The van der Waals surface area contributed by atoms with Gasteiger partial charge in [0.2, 0.25) is 5.88 Å². The minimum absolute atomic E-state index is 0.231. The van der Waals surface area contributed by atoms with Crippen molar-refractivity contribution >= 4 is 17.6 Å². The van der Waals surface area contributed by atoms with Crippen molar-refractivity contribution in [3.63, 3.8) is 0 Å². The quantitative estimate of drug-likeness (QED) is 0.884. The van der Waals surface area contributed by atoms with Gasteiger partial charge in [-0.15, -0.1) is 0 Å². The Morgan fingerprint density at radius 3 is 2.67 bits per heavy atom. The Kier molecular flexibility index (Phi) is 4.57. The molecule has 21 heavy (non-hydrogen) atoms. The van der Waals surface area contributed by atoms with E-state index in [1.165, 1.54) is 0 Å². The van der Waals surface area contributed by atoms with Gasteiger partial charge in [0.1, 0.15) is 5.82 Å². The second-order valence-electron chi connectivity index (χ2n) is 4.91. The number of hydrogen-bond donors (Lipinski definition) is 2. The van der Waals surface area contributed by atoms with E-state index in [1.54, 1.807) is 19.2 Å². The van der Waals surface area contributed by atoms with Gasteiger partial charge in [0.15, 0.2) is 0 Å². The summed E-state index contributed by atoms with van der Waals surface area (Å²) in [7, 11) is 1.78. The molecule has 2 aromatic rings. The van der Waals surface area contributed by atoms with E-state index in [2.05, 4.69) is 27.7 Å². The Labute approximate surface area is 123 Å². The van der Waals surface area contributed by atoms with Crippen molar-refractivity contribution in [1.29, 1.82) is 0 Å². The third-order valence-corrected chi connectivity index (χ3v) is 3.29. The number of rotatable bonds is 5. The van der Waals surface area contributed by atoms with Crippen molar-refractivity contribution in [1.82, 2.24) is 10.1 Å². The van der Waals surface area contributed by atoms with Crippen LogP contribution < -0.4 is 10.6 Å².